The number of nitrogens with zero attached hydrogens (tertiary/aromatic N) is 1. The first kappa shape index (κ1) is 12.7. The summed E-state index contributed by atoms with van der Waals surface area (Å²) in [5.41, 5.74) is 1.37. The Hall–Kier alpha value is -1.35. The van der Waals surface area contributed by atoms with E-state index in [-0.39, 0.29) is 0 Å². The third-order valence-corrected chi connectivity index (χ3v) is 4.65. The van der Waals surface area contributed by atoms with E-state index in [2.05, 4.69) is 35.2 Å². The van der Waals surface area contributed by atoms with E-state index in [0.29, 0.717) is 24.4 Å². The quantitative estimate of drug-likeness (QED) is 0.904. The Morgan fingerprint density at radius 3 is 2.37 bits per heavy atom. The fraction of sp³-hybridized carbons (Fsp3) is 0.562. The maximum atomic E-state index is 10.9. The van der Waals surface area contributed by atoms with Gasteiger partial charge in [0.2, 0.25) is 0 Å². The number of carbonyl (C=O) groups is 1. The van der Waals surface area contributed by atoms with Crippen molar-refractivity contribution < 1.29 is 9.90 Å². The number of carboxylic acid groups (broad SMARTS) is 1. The Morgan fingerprint density at radius 1 is 1.16 bits per heavy atom. The summed E-state index contributed by atoms with van der Waals surface area (Å²) in [6, 6.07) is 11.8. The largest absolute Gasteiger partial charge is 0.481 e. The van der Waals surface area contributed by atoms with Crippen LogP contribution in [0.2, 0.25) is 0 Å². The Balaban J connectivity index is 1.65. The molecule has 0 aliphatic carbocycles. The molecule has 2 unspecified atom stereocenters. The first-order valence-electron chi connectivity index (χ1n) is 7.24. The summed E-state index contributed by atoms with van der Waals surface area (Å²) in [6.45, 7) is 1.02. The monoisotopic (exact) mass is 259 g/mol. The molecule has 2 heterocycles. The molecule has 0 spiro atoms. The summed E-state index contributed by atoms with van der Waals surface area (Å²) in [7, 11) is 0. The molecule has 0 amide bonds. The van der Waals surface area contributed by atoms with E-state index in [9.17, 15) is 4.79 Å². The van der Waals surface area contributed by atoms with Gasteiger partial charge in [0.05, 0.1) is 0 Å². The maximum Gasteiger partial charge on any atom is 0.303 e. The van der Waals surface area contributed by atoms with Crippen molar-refractivity contribution in [2.75, 3.05) is 0 Å². The fourth-order valence-electron chi connectivity index (χ4n) is 3.85. The van der Waals surface area contributed by atoms with Gasteiger partial charge in [-0.05, 0) is 37.2 Å². The van der Waals surface area contributed by atoms with E-state index >= 15 is 0 Å². The lowest BCUT2D eigenvalue weighted by Crippen LogP contribution is -2.42. The van der Waals surface area contributed by atoms with Crippen LogP contribution in [0.3, 0.4) is 0 Å². The number of rotatable bonds is 4. The van der Waals surface area contributed by atoms with Crippen LogP contribution >= 0.6 is 0 Å². The average molecular weight is 259 g/mol. The van der Waals surface area contributed by atoms with Gasteiger partial charge >= 0.3 is 5.97 Å². The van der Waals surface area contributed by atoms with Crippen LogP contribution in [-0.2, 0) is 11.3 Å². The standard InChI is InChI=1S/C16H21NO2/c18-16(19)10-13-8-14-6-7-15(9-13)17(14)11-12-4-2-1-3-5-12/h1-5,13-15H,6-11H2,(H,18,19). The molecule has 0 radical (unpaired) electrons. The van der Waals surface area contributed by atoms with Gasteiger partial charge in [0.15, 0.2) is 0 Å². The second-order valence-electron chi connectivity index (χ2n) is 5.98. The maximum absolute atomic E-state index is 10.9. The minimum Gasteiger partial charge on any atom is -0.481 e. The number of hydrogen-bond donors (Lipinski definition) is 1. The summed E-state index contributed by atoms with van der Waals surface area (Å²) >= 11 is 0. The molecule has 0 aromatic heterocycles. The van der Waals surface area contributed by atoms with Crippen molar-refractivity contribution in [3.63, 3.8) is 0 Å². The van der Waals surface area contributed by atoms with Crippen molar-refractivity contribution in [1.82, 2.24) is 4.90 Å². The summed E-state index contributed by atoms with van der Waals surface area (Å²) in [5.74, 6) is -0.247. The summed E-state index contributed by atoms with van der Waals surface area (Å²) in [4.78, 5) is 13.5. The van der Waals surface area contributed by atoms with Gasteiger partial charge in [0.1, 0.15) is 0 Å². The van der Waals surface area contributed by atoms with Crippen molar-refractivity contribution >= 4 is 5.97 Å². The van der Waals surface area contributed by atoms with E-state index in [1.165, 1.54) is 18.4 Å². The van der Waals surface area contributed by atoms with Crippen LogP contribution in [0, 0.1) is 5.92 Å². The smallest absolute Gasteiger partial charge is 0.303 e. The van der Waals surface area contributed by atoms with E-state index in [1.54, 1.807) is 0 Å². The number of aliphatic carboxylic acids is 1. The van der Waals surface area contributed by atoms with Gasteiger partial charge in [-0.15, -0.1) is 0 Å². The highest BCUT2D eigenvalue weighted by molar-refractivity contribution is 5.67. The van der Waals surface area contributed by atoms with Crippen molar-refractivity contribution in [2.45, 2.75) is 50.7 Å². The zero-order valence-electron chi connectivity index (χ0n) is 11.2. The van der Waals surface area contributed by atoms with Crippen LogP contribution in [0.25, 0.3) is 0 Å². The van der Waals surface area contributed by atoms with Gasteiger partial charge < -0.3 is 5.11 Å². The highest BCUT2D eigenvalue weighted by Crippen LogP contribution is 2.40. The van der Waals surface area contributed by atoms with Crippen LogP contribution in [-0.4, -0.2) is 28.1 Å². The first-order valence-corrected chi connectivity index (χ1v) is 7.24. The third kappa shape index (κ3) is 2.81. The molecular formula is C16H21NO2. The molecule has 2 bridgehead atoms. The van der Waals surface area contributed by atoms with Crippen LogP contribution in [0.1, 0.15) is 37.7 Å². The molecule has 3 nitrogen and oxygen atoms in total. The molecule has 19 heavy (non-hydrogen) atoms. The second-order valence-corrected chi connectivity index (χ2v) is 5.98. The molecule has 1 aromatic carbocycles. The highest BCUT2D eigenvalue weighted by Gasteiger charge is 2.40. The summed E-state index contributed by atoms with van der Waals surface area (Å²) in [6.07, 6.45) is 4.97. The molecule has 3 rings (SSSR count). The zero-order chi connectivity index (χ0) is 13.2. The number of hydrogen-bond acceptors (Lipinski definition) is 2. The van der Waals surface area contributed by atoms with Crippen LogP contribution < -0.4 is 0 Å². The summed E-state index contributed by atoms with van der Waals surface area (Å²) in [5, 5.41) is 8.95. The number of fused-ring (bicyclic) bond motifs is 2. The Bertz CT molecular complexity index is 431. The molecular weight excluding hydrogens is 238 g/mol. The van der Waals surface area contributed by atoms with E-state index in [4.69, 9.17) is 5.11 Å². The second kappa shape index (κ2) is 5.33. The Kier molecular flexibility index (Phi) is 3.56. The molecule has 2 fully saturated rings. The molecule has 0 saturated carbocycles. The summed E-state index contributed by atoms with van der Waals surface area (Å²) < 4.78 is 0. The lowest BCUT2D eigenvalue weighted by Gasteiger charge is -2.38. The van der Waals surface area contributed by atoms with Gasteiger partial charge in [-0.2, -0.15) is 0 Å². The van der Waals surface area contributed by atoms with Crippen LogP contribution in [0.5, 0.6) is 0 Å². The minimum atomic E-state index is -0.638. The van der Waals surface area contributed by atoms with E-state index in [0.717, 1.165) is 19.4 Å². The lowest BCUT2D eigenvalue weighted by atomic mass is 9.88. The predicted octanol–water partition coefficient (Wildman–Crippen LogP) is 2.90. The lowest BCUT2D eigenvalue weighted by molar-refractivity contribution is -0.138. The molecule has 2 atom stereocenters. The van der Waals surface area contributed by atoms with Gasteiger partial charge in [0, 0.05) is 25.0 Å². The molecule has 3 heteroatoms. The number of carboxylic acids is 1. The van der Waals surface area contributed by atoms with Gasteiger partial charge in [-0.3, -0.25) is 9.69 Å². The molecule has 2 aliphatic rings. The average Bonchev–Trinajstić information content (AvgIpc) is 2.62. The van der Waals surface area contributed by atoms with Gasteiger partial charge in [0.25, 0.3) is 0 Å². The van der Waals surface area contributed by atoms with Gasteiger partial charge in [-0.25, -0.2) is 0 Å². The normalized spacial score (nSPS) is 30.4. The molecule has 2 saturated heterocycles. The van der Waals surface area contributed by atoms with E-state index < -0.39 is 5.97 Å². The Labute approximate surface area is 114 Å². The minimum absolute atomic E-state index is 0.353. The van der Waals surface area contributed by atoms with Crippen molar-refractivity contribution in [1.29, 1.82) is 0 Å². The molecule has 1 N–H and O–H groups in total. The zero-order valence-corrected chi connectivity index (χ0v) is 11.2. The van der Waals surface area contributed by atoms with Gasteiger partial charge in [-0.1, -0.05) is 30.3 Å². The van der Waals surface area contributed by atoms with Crippen molar-refractivity contribution in [3.8, 4) is 0 Å². The number of piperidine rings is 1. The van der Waals surface area contributed by atoms with Crippen molar-refractivity contribution in [3.05, 3.63) is 35.9 Å². The molecule has 2 aliphatic heterocycles. The number of benzene rings is 1. The Morgan fingerprint density at radius 2 is 1.79 bits per heavy atom. The first-order chi connectivity index (χ1) is 9.22. The predicted molar refractivity (Wildman–Crippen MR) is 73.8 cm³/mol. The van der Waals surface area contributed by atoms with Crippen LogP contribution in [0.4, 0.5) is 0 Å². The molecule has 102 valence electrons. The highest BCUT2D eigenvalue weighted by atomic mass is 16.4. The fourth-order valence-corrected chi connectivity index (χ4v) is 3.85. The third-order valence-electron chi connectivity index (χ3n) is 4.65. The van der Waals surface area contributed by atoms with Crippen molar-refractivity contribution in [2.24, 2.45) is 5.92 Å². The van der Waals surface area contributed by atoms with E-state index in [1.807, 2.05) is 0 Å². The topological polar surface area (TPSA) is 40.5 Å². The molecule has 1 aromatic rings. The SMILES string of the molecule is O=C(O)CC1CC2CCC(C1)N2Cc1ccccc1. The van der Waals surface area contributed by atoms with Crippen LogP contribution in [0.15, 0.2) is 30.3 Å².